The van der Waals surface area contributed by atoms with Crippen molar-refractivity contribution in [2.75, 3.05) is 6.54 Å². The van der Waals surface area contributed by atoms with E-state index >= 15 is 0 Å². The molecule has 0 atom stereocenters. The molecule has 2 amide bonds. The molecule has 1 aromatic heterocycles. The van der Waals surface area contributed by atoms with E-state index in [0.29, 0.717) is 24.3 Å². The molecule has 0 aliphatic heterocycles. The number of nitrogens with one attached hydrogen (secondary N) is 2. The molecule has 210 valence electrons. The number of carbonyl (C=O) groups excluding carboxylic acids is 1. The van der Waals surface area contributed by atoms with E-state index in [-0.39, 0.29) is 29.6 Å². The summed E-state index contributed by atoms with van der Waals surface area (Å²) in [5.74, 6) is 0.204. The van der Waals surface area contributed by atoms with E-state index in [0.717, 1.165) is 12.3 Å². The summed E-state index contributed by atoms with van der Waals surface area (Å²) in [6, 6.07) is 23.9. The Labute approximate surface area is 234 Å². The van der Waals surface area contributed by atoms with Gasteiger partial charge < -0.3 is 20.5 Å². The third-order valence-corrected chi connectivity index (χ3v) is 6.95. The van der Waals surface area contributed by atoms with Crippen LogP contribution >= 0.6 is 0 Å². The summed E-state index contributed by atoms with van der Waals surface area (Å²) in [5.41, 5.74) is 4.16. The van der Waals surface area contributed by atoms with Crippen molar-refractivity contribution < 1.29 is 32.6 Å². The minimum Gasteiger partial charge on any atom is -0.465 e. The van der Waals surface area contributed by atoms with Crippen molar-refractivity contribution >= 4 is 12.0 Å². The third kappa shape index (κ3) is 6.32. The SMILES string of the molecule is O=C(O)NCc1cc(C(F)(F)F)ncc1Oc1ccccc1CCC(=O)NCC1c2ccccc2-c2ccccc21. The van der Waals surface area contributed by atoms with Crippen LogP contribution in [-0.4, -0.2) is 28.6 Å². The van der Waals surface area contributed by atoms with Crippen LogP contribution in [0.15, 0.2) is 85.1 Å². The molecule has 1 aliphatic rings. The zero-order chi connectivity index (χ0) is 29.0. The Morgan fingerprint density at radius 1 is 0.854 bits per heavy atom. The molecule has 0 saturated carbocycles. The fraction of sp³-hybridized carbons (Fsp3) is 0.194. The first-order chi connectivity index (χ1) is 19.7. The lowest BCUT2D eigenvalue weighted by atomic mass is 9.97. The standard InChI is InChI=1S/C31H26F3N3O4/c32-31(33,34)28-15-20(16-37-30(39)40)27(18-35-28)41-26-12-6-1-7-19(26)13-14-29(38)36-17-25-23-10-4-2-8-21(23)22-9-3-5-11-24(22)25/h1-12,15,18,25,37H,13-14,16-17H2,(H,36,38)(H,39,40). The lowest BCUT2D eigenvalue weighted by molar-refractivity contribution is -0.141. The van der Waals surface area contributed by atoms with Crippen LogP contribution in [0.5, 0.6) is 11.5 Å². The zero-order valence-corrected chi connectivity index (χ0v) is 21.7. The second-order valence-corrected chi connectivity index (χ2v) is 9.57. The number of pyridine rings is 1. The average molecular weight is 562 g/mol. The Morgan fingerprint density at radius 2 is 1.49 bits per heavy atom. The maximum atomic E-state index is 13.2. The Hall–Kier alpha value is -4.86. The molecule has 0 fully saturated rings. The van der Waals surface area contributed by atoms with Crippen molar-refractivity contribution in [3.05, 3.63) is 113 Å². The molecule has 4 aromatic rings. The van der Waals surface area contributed by atoms with Crippen molar-refractivity contribution in [1.29, 1.82) is 0 Å². The van der Waals surface area contributed by atoms with Gasteiger partial charge in [0.2, 0.25) is 5.91 Å². The number of ether oxygens (including phenoxy) is 1. The molecule has 10 heteroatoms. The maximum absolute atomic E-state index is 13.2. The van der Waals surface area contributed by atoms with E-state index in [9.17, 15) is 22.8 Å². The molecule has 0 radical (unpaired) electrons. The maximum Gasteiger partial charge on any atom is 0.433 e. The zero-order valence-electron chi connectivity index (χ0n) is 21.7. The van der Waals surface area contributed by atoms with Crippen LogP contribution in [-0.2, 0) is 23.9 Å². The van der Waals surface area contributed by atoms with Crippen molar-refractivity contribution in [2.45, 2.75) is 31.5 Å². The summed E-state index contributed by atoms with van der Waals surface area (Å²) in [6.07, 6.45) is -4.70. The number of amides is 2. The van der Waals surface area contributed by atoms with Gasteiger partial charge in [0.15, 0.2) is 5.75 Å². The monoisotopic (exact) mass is 561 g/mol. The summed E-state index contributed by atoms with van der Waals surface area (Å²) in [4.78, 5) is 27.3. The number of alkyl halides is 3. The van der Waals surface area contributed by atoms with Crippen molar-refractivity contribution in [3.63, 3.8) is 0 Å². The fourth-order valence-electron chi connectivity index (χ4n) is 5.00. The topological polar surface area (TPSA) is 101 Å². The normalized spacial score (nSPS) is 12.4. The first-order valence-electron chi connectivity index (χ1n) is 12.9. The molecule has 1 heterocycles. The van der Waals surface area contributed by atoms with Crippen molar-refractivity contribution in [3.8, 4) is 22.6 Å². The fourth-order valence-corrected chi connectivity index (χ4v) is 5.00. The van der Waals surface area contributed by atoms with Gasteiger partial charge in [-0.25, -0.2) is 9.78 Å². The number of aryl methyl sites for hydroxylation is 1. The van der Waals surface area contributed by atoms with Crippen molar-refractivity contribution in [2.24, 2.45) is 0 Å². The van der Waals surface area contributed by atoms with E-state index in [1.165, 1.54) is 22.3 Å². The molecular weight excluding hydrogens is 535 g/mol. The van der Waals surface area contributed by atoms with Gasteiger partial charge in [0.05, 0.1) is 6.20 Å². The van der Waals surface area contributed by atoms with Gasteiger partial charge in [-0.3, -0.25) is 4.79 Å². The van der Waals surface area contributed by atoms with Crippen LogP contribution in [0.4, 0.5) is 18.0 Å². The van der Waals surface area contributed by atoms with E-state index in [1.54, 1.807) is 24.3 Å². The van der Waals surface area contributed by atoms with Gasteiger partial charge in [-0.2, -0.15) is 13.2 Å². The molecule has 0 saturated heterocycles. The number of carboxylic acid groups (broad SMARTS) is 1. The number of aromatic nitrogens is 1. The van der Waals surface area contributed by atoms with Gasteiger partial charge in [0, 0.05) is 31.0 Å². The number of carbonyl (C=O) groups is 2. The number of para-hydroxylation sites is 1. The summed E-state index contributed by atoms with van der Waals surface area (Å²) in [6.45, 7) is 0.0381. The second kappa shape index (κ2) is 11.7. The molecule has 7 nitrogen and oxygen atoms in total. The Morgan fingerprint density at radius 3 is 2.15 bits per heavy atom. The van der Waals surface area contributed by atoms with E-state index < -0.39 is 24.5 Å². The molecule has 0 bridgehead atoms. The van der Waals surface area contributed by atoms with Crippen LogP contribution < -0.4 is 15.4 Å². The molecule has 0 spiro atoms. The molecular formula is C31H26F3N3O4. The first-order valence-corrected chi connectivity index (χ1v) is 12.9. The number of hydrogen-bond acceptors (Lipinski definition) is 4. The molecule has 0 unspecified atom stereocenters. The van der Waals surface area contributed by atoms with E-state index in [2.05, 4.69) is 39.9 Å². The highest BCUT2D eigenvalue weighted by Crippen LogP contribution is 2.44. The highest BCUT2D eigenvalue weighted by Gasteiger charge is 2.33. The summed E-state index contributed by atoms with van der Waals surface area (Å²) in [5, 5.41) is 14.0. The number of rotatable bonds is 9. The van der Waals surface area contributed by atoms with Crippen LogP contribution in [0.1, 0.15) is 40.3 Å². The van der Waals surface area contributed by atoms with Gasteiger partial charge in [0.25, 0.3) is 0 Å². The lowest BCUT2D eigenvalue weighted by Gasteiger charge is -2.16. The second-order valence-electron chi connectivity index (χ2n) is 9.57. The number of benzene rings is 3. The molecule has 41 heavy (non-hydrogen) atoms. The quantitative estimate of drug-likeness (QED) is 0.216. The Balaban J connectivity index is 1.26. The largest absolute Gasteiger partial charge is 0.465 e. The highest BCUT2D eigenvalue weighted by molar-refractivity contribution is 5.80. The van der Waals surface area contributed by atoms with E-state index in [4.69, 9.17) is 9.84 Å². The summed E-state index contributed by atoms with van der Waals surface area (Å²) < 4.78 is 45.5. The summed E-state index contributed by atoms with van der Waals surface area (Å²) >= 11 is 0. The predicted octanol–water partition coefficient (Wildman–Crippen LogP) is 6.52. The molecule has 3 N–H and O–H groups in total. The number of halogens is 3. The average Bonchev–Trinajstić information content (AvgIpc) is 3.28. The molecule has 5 rings (SSSR count). The summed E-state index contributed by atoms with van der Waals surface area (Å²) in [7, 11) is 0. The Bertz CT molecular complexity index is 1540. The third-order valence-electron chi connectivity index (χ3n) is 6.95. The van der Waals surface area contributed by atoms with Gasteiger partial charge >= 0.3 is 12.3 Å². The van der Waals surface area contributed by atoms with Crippen LogP contribution in [0, 0.1) is 0 Å². The van der Waals surface area contributed by atoms with Crippen LogP contribution in [0.2, 0.25) is 0 Å². The van der Waals surface area contributed by atoms with Crippen molar-refractivity contribution in [1.82, 2.24) is 15.6 Å². The minimum absolute atomic E-state index is 0.0257. The van der Waals surface area contributed by atoms with Crippen LogP contribution in [0.3, 0.4) is 0 Å². The highest BCUT2D eigenvalue weighted by atomic mass is 19.4. The predicted molar refractivity (Wildman–Crippen MR) is 146 cm³/mol. The minimum atomic E-state index is -4.70. The van der Waals surface area contributed by atoms with Crippen LogP contribution in [0.25, 0.3) is 11.1 Å². The molecule has 1 aliphatic carbocycles. The van der Waals surface area contributed by atoms with Gasteiger partial charge in [0.1, 0.15) is 11.4 Å². The first kappa shape index (κ1) is 27.7. The molecule has 3 aromatic carbocycles. The number of hydrogen-bond donors (Lipinski definition) is 3. The van der Waals surface area contributed by atoms with Gasteiger partial charge in [-0.1, -0.05) is 66.7 Å². The van der Waals surface area contributed by atoms with Gasteiger partial charge in [-0.05, 0) is 46.4 Å². The van der Waals surface area contributed by atoms with E-state index in [1.807, 2.05) is 24.3 Å². The lowest BCUT2D eigenvalue weighted by Crippen LogP contribution is -2.28. The number of nitrogens with zero attached hydrogens (tertiary/aromatic N) is 1. The Kier molecular flexibility index (Phi) is 7.91. The van der Waals surface area contributed by atoms with Gasteiger partial charge in [-0.15, -0.1) is 0 Å². The number of fused-ring (bicyclic) bond motifs is 3. The smallest absolute Gasteiger partial charge is 0.433 e.